The summed E-state index contributed by atoms with van der Waals surface area (Å²) in [6, 6.07) is 8.31. The van der Waals surface area contributed by atoms with Crippen molar-refractivity contribution in [3.05, 3.63) is 54.2 Å². The Morgan fingerprint density at radius 2 is 1.97 bits per heavy atom. The third kappa shape index (κ3) is 3.61. The topological polar surface area (TPSA) is 91.1 Å². The number of benzene rings is 1. The van der Waals surface area contributed by atoms with E-state index in [0.29, 0.717) is 24.3 Å². The van der Waals surface area contributed by atoms with Crippen LogP contribution in [0, 0.1) is 3.57 Å². The third-order valence-electron chi connectivity index (χ3n) is 5.63. The van der Waals surface area contributed by atoms with Crippen LogP contribution in [0.15, 0.2) is 33.9 Å². The van der Waals surface area contributed by atoms with Gasteiger partial charge in [0.2, 0.25) is 5.95 Å². The molecule has 154 valence electrons. The van der Waals surface area contributed by atoms with Crippen molar-refractivity contribution in [2.75, 3.05) is 18.0 Å². The molecule has 0 amide bonds. The van der Waals surface area contributed by atoms with Gasteiger partial charge in [0.1, 0.15) is 0 Å². The van der Waals surface area contributed by atoms with Gasteiger partial charge in [0.25, 0.3) is 5.56 Å². The van der Waals surface area contributed by atoms with Crippen LogP contribution in [0.4, 0.5) is 5.95 Å². The summed E-state index contributed by atoms with van der Waals surface area (Å²) in [6.07, 6.45) is 2.74. The van der Waals surface area contributed by atoms with Gasteiger partial charge in [-0.05, 0) is 53.5 Å². The highest BCUT2D eigenvalue weighted by molar-refractivity contribution is 14.1. The van der Waals surface area contributed by atoms with Gasteiger partial charge in [-0.2, -0.15) is 4.98 Å². The van der Waals surface area contributed by atoms with E-state index in [4.69, 9.17) is 10.7 Å². The Morgan fingerprint density at radius 1 is 1.21 bits per heavy atom. The summed E-state index contributed by atoms with van der Waals surface area (Å²) in [7, 11) is 3.17. The average Bonchev–Trinajstić information content (AvgIpc) is 3.10. The Labute approximate surface area is 182 Å². The Balaban J connectivity index is 1.87. The number of hydrogen-bond acceptors (Lipinski definition) is 5. The highest BCUT2D eigenvalue weighted by Gasteiger charge is 2.25. The van der Waals surface area contributed by atoms with E-state index >= 15 is 0 Å². The predicted octanol–water partition coefficient (Wildman–Crippen LogP) is 1.21. The molecule has 9 heteroatoms. The monoisotopic (exact) mass is 508 g/mol. The standard InChI is InChI=1S/C20H25IN6O2/c1-24-17-16(18(28)25(2)20(24)29)27(11-9-13-6-3-4-8-15(13)21)19(23-17)26-10-5-7-14(22)12-26/h3-4,6,8,14H,5,7,9-12,22H2,1-2H3. The van der Waals surface area contributed by atoms with Crippen molar-refractivity contribution < 1.29 is 0 Å². The van der Waals surface area contributed by atoms with Crippen molar-refractivity contribution in [1.29, 1.82) is 0 Å². The molecule has 3 aromatic rings. The molecule has 0 spiro atoms. The van der Waals surface area contributed by atoms with Crippen LogP contribution < -0.4 is 21.9 Å². The lowest BCUT2D eigenvalue weighted by Crippen LogP contribution is -2.44. The van der Waals surface area contributed by atoms with Crippen molar-refractivity contribution in [2.24, 2.45) is 19.8 Å². The molecule has 1 aliphatic rings. The Morgan fingerprint density at radius 3 is 2.69 bits per heavy atom. The molecular weight excluding hydrogens is 483 g/mol. The number of aromatic nitrogens is 4. The van der Waals surface area contributed by atoms with Gasteiger partial charge in [0, 0.05) is 43.3 Å². The first-order valence-electron chi connectivity index (χ1n) is 9.78. The van der Waals surface area contributed by atoms with Crippen LogP contribution in [0.2, 0.25) is 0 Å². The van der Waals surface area contributed by atoms with E-state index in [0.717, 1.165) is 36.3 Å². The molecule has 3 heterocycles. The second-order valence-corrected chi connectivity index (χ2v) is 8.79. The lowest BCUT2D eigenvalue weighted by Gasteiger charge is -2.31. The fraction of sp³-hybridized carbons (Fsp3) is 0.450. The Hall–Kier alpha value is -2.14. The molecule has 1 aromatic carbocycles. The number of aryl methyl sites for hydroxylation is 3. The number of rotatable bonds is 4. The van der Waals surface area contributed by atoms with Gasteiger partial charge in [-0.3, -0.25) is 13.9 Å². The zero-order chi connectivity index (χ0) is 20.7. The molecule has 2 N–H and O–H groups in total. The lowest BCUT2D eigenvalue weighted by molar-refractivity contribution is 0.493. The van der Waals surface area contributed by atoms with Gasteiger partial charge in [0.05, 0.1) is 0 Å². The average molecular weight is 508 g/mol. The number of piperidine rings is 1. The smallest absolute Gasteiger partial charge is 0.332 e. The first-order chi connectivity index (χ1) is 13.9. The molecule has 4 rings (SSSR count). The first-order valence-corrected chi connectivity index (χ1v) is 10.9. The van der Waals surface area contributed by atoms with Crippen LogP contribution in [0.25, 0.3) is 11.2 Å². The van der Waals surface area contributed by atoms with Gasteiger partial charge in [-0.25, -0.2) is 4.79 Å². The van der Waals surface area contributed by atoms with Gasteiger partial charge in [0.15, 0.2) is 11.2 Å². The SMILES string of the molecule is Cn1c(=O)c2c(nc(N3CCCC(N)C3)n2CCc2ccccc2I)n(C)c1=O. The number of fused-ring (bicyclic) bond motifs is 1. The van der Waals surface area contributed by atoms with E-state index in [-0.39, 0.29) is 17.3 Å². The fourth-order valence-corrected chi connectivity index (χ4v) is 4.67. The molecule has 1 unspecified atom stereocenters. The van der Waals surface area contributed by atoms with Crippen LogP contribution in [-0.4, -0.2) is 37.8 Å². The van der Waals surface area contributed by atoms with Crippen LogP contribution >= 0.6 is 22.6 Å². The predicted molar refractivity (Wildman–Crippen MR) is 123 cm³/mol. The molecule has 0 saturated carbocycles. The molecule has 1 aliphatic heterocycles. The van der Waals surface area contributed by atoms with Crippen molar-refractivity contribution in [2.45, 2.75) is 31.8 Å². The molecule has 1 atom stereocenters. The lowest BCUT2D eigenvalue weighted by atomic mass is 10.1. The Bertz CT molecular complexity index is 1180. The van der Waals surface area contributed by atoms with E-state index in [1.54, 1.807) is 7.05 Å². The summed E-state index contributed by atoms with van der Waals surface area (Å²) in [4.78, 5) is 32.3. The number of anilines is 1. The van der Waals surface area contributed by atoms with Gasteiger partial charge in [-0.1, -0.05) is 18.2 Å². The maximum Gasteiger partial charge on any atom is 0.332 e. The summed E-state index contributed by atoms with van der Waals surface area (Å²) >= 11 is 2.33. The number of nitrogens with two attached hydrogens (primary N) is 1. The van der Waals surface area contributed by atoms with Crippen molar-refractivity contribution in [3.63, 3.8) is 0 Å². The van der Waals surface area contributed by atoms with Crippen molar-refractivity contribution in [1.82, 2.24) is 18.7 Å². The molecule has 0 bridgehead atoms. The van der Waals surface area contributed by atoms with Gasteiger partial charge in [-0.15, -0.1) is 0 Å². The highest BCUT2D eigenvalue weighted by atomic mass is 127. The zero-order valence-electron chi connectivity index (χ0n) is 16.6. The molecule has 0 radical (unpaired) electrons. The van der Waals surface area contributed by atoms with E-state index in [9.17, 15) is 9.59 Å². The van der Waals surface area contributed by atoms with E-state index in [2.05, 4.69) is 39.6 Å². The van der Waals surface area contributed by atoms with E-state index in [1.807, 2.05) is 16.7 Å². The number of nitrogens with zero attached hydrogens (tertiary/aromatic N) is 5. The highest BCUT2D eigenvalue weighted by Crippen LogP contribution is 2.24. The quantitative estimate of drug-likeness (QED) is 0.536. The van der Waals surface area contributed by atoms with Crippen LogP contribution in [-0.2, 0) is 27.1 Å². The molecule has 29 heavy (non-hydrogen) atoms. The summed E-state index contributed by atoms with van der Waals surface area (Å²) in [5.41, 5.74) is 7.63. The van der Waals surface area contributed by atoms with Crippen LogP contribution in [0.3, 0.4) is 0 Å². The maximum absolute atomic E-state index is 13.0. The maximum atomic E-state index is 13.0. The first kappa shape index (κ1) is 20.1. The number of hydrogen-bond donors (Lipinski definition) is 1. The largest absolute Gasteiger partial charge is 0.341 e. The molecule has 2 aromatic heterocycles. The molecule has 0 aliphatic carbocycles. The number of halogens is 1. The molecular formula is C20H25IN6O2. The summed E-state index contributed by atoms with van der Waals surface area (Å²) in [6.45, 7) is 2.14. The number of imidazole rings is 1. The normalized spacial score (nSPS) is 17.2. The van der Waals surface area contributed by atoms with Gasteiger partial charge < -0.3 is 15.2 Å². The van der Waals surface area contributed by atoms with Crippen molar-refractivity contribution >= 4 is 39.7 Å². The minimum absolute atomic E-state index is 0.0822. The third-order valence-corrected chi connectivity index (χ3v) is 6.68. The van der Waals surface area contributed by atoms with Crippen LogP contribution in [0.5, 0.6) is 0 Å². The van der Waals surface area contributed by atoms with E-state index in [1.165, 1.54) is 20.7 Å². The van der Waals surface area contributed by atoms with Gasteiger partial charge >= 0.3 is 5.69 Å². The molecule has 1 saturated heterocycles. The minimum Gasteiger partial charge on any atom is -0.341 e. The fourth-order valence-electron chi connectivity index (χ4n) is 4.01. The van der Waals surface area contributed by atoms with Crippen LogP contribution in [0.1, 0.15) is 18.4 Å². The second-order valence-electron chi connectivity index (χ2n) is 7.63. The summed E-state index contributed by atoms with van der Waals surface area (Å²) in [5.74, 6) is 0.722. The zero-order valence-corrected chi connectivity index (χ0v) is 18.8. The summed E-state index contributed by atoms with van der Waals surface area (Å²) in [5, 5.41) is 0. The summed E-state index contributed by atoms with van der Waals surface area (Å²) < 4.78 is 5.76. The Kier molecular flexibility index (Phi) is 5.52. The molecule has 1 fully saturated rings. The van der Waals surface area contributed by atoms with Crippen molar-refractivity contribution in [3.8, 4) is 0 Å². The van der Waals surface area contributed by atoms with E-state index < -0.39 is 0 Å². The molecule has 8 nitrogen and oxygen atoms in total. The second kappa shape index (κ2) is 7.94. The minimum atomic E-state index is -0.369.